The summed E-state index contributed by atoms with van der Waals surface area (Å²) in [6.07, 6.45) is 1.63. The van der Waals surface area contributed by atoms with Crippen LogP contribution in [0.25, 0.3) is 0 Å². The van der Waals surface area contributed by atoms with Crippen molar-refractivity contribution in [1.82, 2.24) is 15.5 Å². The van der Waals surface area contributed by atoms with Crippen molar-refractivity contribution in [2.45, 2.75) is 13.1 Å². The highest BCUT2D eigenvalue weighted by atomic mass is 127. The fraction of sp³-hybridized carbons (Fsp3) is 0.333. The van der Waals surface area contributed by atoms with Gasteiger partial charge < -0.3 is 20.0 Å². The van der Waals surface area contributed by atoms with Crippen LogP contribution >= 0.6 is 35.3 Å². The number of likely N-dealkylation sites (N-methyl/N-ethyl adjacent to an activating group) is 1. The largest absolute Gasteiger partial charge is 0.467 e. The second kappa shape index (κ2) is 10.3. The maximum atomic E-state index is 11.7. The van der Waals surface area contributed by atoms with Crippen LogP contribution in [0.1, 0.15) is 10.6 Å². The molecule has 8 heteroatoms. The first kappa shape index (κ1) is 19.5. The highest BCUT2D eigenvalue weighted by molar-refractivity contribution is 14.0. The lowest BCUT2D eigenvalue weighted by molar-refractivity contribution is -0.127. The van der Waals surface area contributed by atoms with Crippen LogP contribution in [-0.2, 0) is 17.9 Å². The molecule has 2 N–H and O–H groups in total. The second-order valence-corrected chi connectivity index (χ2v) is 5.85. The first-order valence-corrected chi connectivity index (χ1v) is 7.80. The number of amides is 1. The molecule has 0 spiro atoms. The summed E-state index contributed by atoms with van der Waals surface area (Å²) in [5, 5.41) is 8.40. The van der Waals surface area contributed by atoms with E-state index >= 15 is 0 Å². The Kier molecular flexibility index (Phi) is 8.70. The molecular formula is C15H21IN4O2S. The lowest BCUT2D eigenvalue weighted by atomic mass is 10.4. The number of nitrogens with zero attached hydrogens (tertiary/aromatic N) is 2. The number of thiophene rings is 1. The number of hydrogen-bond acceptors (Lipinski definition) is 4. The number of carbonyl (C=O) groups excluding carboxylic acids is 1. The summed E-state index contributed by atoms with van der Waals surface area (Å²) in [4.78, 5) is 18.7. The molecule has 23 heavy (non-hydrogen) atoms. The Morgan fingerprint density at radius 3 is 2.65 bits per heavy atom. The molecule has 0 fully saturated rings. The molecule has 0 aliphatic carbocycles. The molecule has 126 valence electrons. The zero-order valence-corrected chi connectivity index (χ0v) is 16.3. The Bertz CT molecular complexity index is 557. The minimum absolute atomic E-state index is 0. The van der Waals surface area contributed by atoms with Crippen LogP contribution < -0.4 is 10.6 Å². The van der Waals surface area contributed by atoms with Crippen molar-refractivity contribution in [2.75, 3.05) is 20.6 Å². The Balaban J connectivity index is 0.00000264. The van der Waals surface area contributed by atoms with Gasteiger partial charge in [-0.2, -0.15) is 0 Å². The average Bonchev–Trinajstić information content (AvgIpc) is 3.19. The van der Waals surface area contributed by atoms with Crippen LogP contribution in [0.15, 0.2) is 45.3 Å². The number of guanidine groups is 1. The van der Waals surface area contributed by atoms with Gasteiger partial charge in [-0.25, -0.2) is 4.99 Å². The van der Waals surface area contributed by atoms with E-state index in [1.54, 1.807) is 31.7 Å². The number of nitrogens with one attached hydrogen (secondary N) is 2. The minimum atomic E-state index is -0.0461. The summed E-state index contributed by atoms with van der Waals surface area (Å²) in [7, 11) is 3.43. The van der Waals surface area contributed by atoms with Gasteiger partial charge in [0.25, 0.3) is 0 Å². The predicted molar refractivity (Wildman–Crippen MR) is 103 cm³/mol. The maximum absolute atomic E-state index is 11.7. The topological polar surface area (TPSA) is 69.9 Å². The quantitative estimate of drug-likeness (QED) is 0.404. The molecule has 2 aromatic heterocycles. The molecule has 0 saturated carbocycles. The van der Waals surface area contributed by atoms with Gasteiger partial charge in [0.1, 0.15) is 12.3 Å². The van der Waals surface area contributed by atoms with E-state index in [-0.39, 0.29) is 36.4 Å². The van der Waals surface area contributed by atoms with Crippen LogP contribution in [0.4, 0.5) is 0 Å². The van der Waals surface area contributed by atoms with E-state index in [1.807, 2.05) is 29.6 Å². The molecule has 0 aliphatic rings. The summed E-state index contributed by atoms with van der Waals surface area (Å²) in [5.74, 6) is 1.35. The van der Waals surface area contributed by atoms with E-state index in [0.717, 1.165) is 5.76 Å². The first-order valence-electron chi connectivity index (χ1n) is 6.92. The van der Waals surface area contributed by atoms with Gasteiger partial charge in [0.15, 0.2) is 5.96 Å². The molecule has 0 aliphatic heterocycles. The van der Waals surface area contributed by atoms with Gasteiger partial charge in [-0.3, -0.25) is 4.79 Å². The van der Waals surface area contributed by atoms with E-state index in [0.29, 0.717) is 19.0 Å². The molecule has 0 unspecified atom stereocenters. The third kappa shape index (κ3) is 7.04. The number of carbonyl (C=O) groups is 1. The standard InChI is InChI=1S/C15H20N4O2S.HI/c1-19(2)14(20)11-18-15(16-9-12-5-3-7-21-12)17-10-13-6-4-8-22-13;/h3-8H,9-11H2,1-2H3,(H2,16,17,18);1H. The van der Waals surface area contributed by atoms with Gasteiger partial charge in [-0.05, 0) is 23.6 Å². The normalized spacial score (nSPS) is 10.8. The maximum Gasteiger partial charge on any atom is 0.243 e. The van der Waals surface area contributed by atoms with Crippen molar-refractivity contribution in [3.63, 3.8) is 0 Å². The number of aliphatic imine (C=N–C) groups is 1. The van der Waals surface area contributed by atoms with Crippen LogP contribution in [0.5, 0.6) is 0 Å². The summed E-state index contributed by atoms with van der Waals surface area (Å²) < 4.78 is 5.28. The zero-order chi connectivity index (χ0) is 15.8. The third-order valence-electron chi connectivity index (χ3n) is 2.89. The van der Waals surface area contributed by atoms with Crippen molar-refractivity contribution < 1.29 is 9.21 Å². The minimum Gasteiger partial charge on any atom is -0.467 e. The van der Waals surface area contributed by atoms with E-state index < -0.39 is 0 Å². The number of halogens is 1. The van der Waals surface area contributed by atoms with Crippen molar-refractivity contribution in [3.05, 3.63) is 46.5 Å². The molecule has 0 atom stereocenters. The summed E-state index contributed by atoms with van der Waals surface area (Å²) in [6, 6.07) is 7.77. The Morgan fingerprint density at radius 1 is 1.26 bits per heavy atom. The van der Waals surface area contributed by atoms with Gasteiger partial charge in [0, 0.05) is 19.0 Å². The molecule has 2 rings (SSSR count). The molecule has 0 saturated heterocycles. The van der Waals surface area contributed by atoms with Crippen LogP contribution in [0, 0.1) is 0 Å². The molecule has 0 bridgehead atoms. The fourth-order valence-electron chi connectivity index (χ4n) is 1.63. The third-order valence-corrected chi connectivity index (χ3v) is 3.77. The number of hydrogen-bond donors (Lipinski definition) is 2. The zero-order valence-electron chi connectivity index (χ0n) is 13.1. The molecule has 2 heterocycles. The van der Waals surface area contributed by atoms with Crippen molar-refractivity contribution in [2.24, 2.45) is 4.99 Å². The fourth-order valence-corrected chi connectivity index (χ4v) is 2.27. The van der Waals surface area contributed by atoms with Crippen LogP contribution in [0.3, 0.4) is 0 Å². The first-order chi connectivity index (χ1) is 10.6. The lowest BCUT2D eigenvalue weighted by Gasteiger charge is -2.12. The number of furan rings is 1. The second-order valence-electron chi connectivity index (χ2n) is 4.82. The van der Waals surface area contributed by atoms with E-state index in [2.05, 4.69) is 15.6 Å². The molecule has 1 amide bonds. The van der Waals surface area contributed by atoms with Crippen molar-refractivity contribution >= 4 is 47.2 Å². The summed E-state index contributed by atoms with van der Waals surface area (Å²) in [5.41, 5.74) is 0. The highest BCUT2D eigenvalue weighted by Crippen LogP contribution is 2.07. The Morgan fingerprint density at radius 2 is 2.04 bits per heavy atom. The highest BCUT2D eigenvalue weighted by Gasteiger charge is 2.05. The smallest absolute Gasteiger partial charge is 0.243 e. The van der Waals surface area contributed by atoms with Gasteiger partial charge in [-0.1, -0.05) is 6.07 Å². The van der Waals surface area contributed by atoms with Crippen LogP contribution in [0.2, 0.25) is 0 Å². The predicted octanol–water partition coefficient (Wildman–Crippen LogP) is 2.28. The molecular weight excluding hydrogens is 427 g/mol. The van der Waals surface area contributed by atoms with Gasteiger partial charge in [0.05, 0.1) is 19.4 Å². The summed E-state index contributed by atoms with van der Waals surface area (Å²) >= 11 is 1.67. The molecule has 6 nitrogen and oxygen atoms in total. The molecule has 0 aromatic carbocycles. The monoisotopic (exact) mass is 448 g/mol. The Labute approximate surface area is 157 Å². The average molecular weight is 448 g/mol. The van der Waals surface area contributed by atoms with Crippen molar-refractivity contribution in [3.8, 4) is 0 Å². The lowest BCUT2D eigenvalue weighted by Crippen LogP contribution is -2.37. The van der Waals surface area contributed by atoms with Crippen molar-refractivity contribution in [1.29, 1.82) is 0 Å². The van der Waals surface area contributed by atoms with Gasteiger partial charge in [-0.15, -0.1) is 35.3 Å². The van der Waals surface area contributed by atoms with E-state index in [4.69, 9.17) is 4.42 Å². The van der Waals surface area contributed by atoms with Gasteiger partial charge in [0.2, 0.25) is 5.91 Å². The molecule has 0 radical (unpaired) electrons. The van der Waals surface area contributed by atoms with E-state index in [9.17, 15) is 4.79 Å². The van der Waals surface area contributed by atoms with E-state index in [1.165, 1.54) is 9.78 Å². The van der Waals surface area contributed by atoms with Crippen LogP contribution in [-0.4, -0.2) is 37.4 Å². The molecule has 2 aromatic rings. The SMILES string of the molecule is CN(C)C(=O)CN=C(NCc1ccco1)NCc1cccs1.I. The Hall–Kier alpha value is -1.55. The summed E-state index contributed by atoms with van der Waals surface area (Å²) in [6.45, 7) is 1.28. The van der Waals surface area contributed by atoms with Gasteiger partial charge >= 0.3 is 0 Å². The number of rotatable bonds is 6.